The molecule has 37 heavy (non-hydrogen) atoms. The third-order valence-electron chi connectivity index (χ3n) is 6.86. The van der Waals surface area contributed by atoms with Gasteiger partial charge >= 0.3 is 0 Å². The zero-order chi connectivity index (χ0) is 26.4. The molecule has 0 radical (unpaired) electrons. The average molecular weight is 495 g/mol. The minimum Gasteiger partial charge on any atom is -0.363 e. The standard InChI is InChI=1S/C29H34N8/c1-18-13-25(34(5)6)30-16-24(18)27-21(4)33-37-26(14-20(3)32-29(27)37)35(7)17-22-9-11-23(12-10-22)28-19(2)15-31-36(28)8/h9-16H,17H2,1-8H3. The summed E-state index contributed by atoms with van der Waals surface area (Å²) in [6.45, 7) is 9.04. The molecule has 0 unspecified atom stereocenters. The molecule has 8 heteroatoms. The first-order valence-electron chi connectivity index (χ1n) is 12.4. The van der Waals surface area contributed by atoms with Crippen molar-refractivity contribution in [2.45, 2.75) is 34.2 Å². The Bertz CT molecular complexity index is 1570. The Labute approximate surface area is 218 Å². The maximum Gasteiger partial charge on any atom is 0.165 e. The second kappa shape index (κ2) is 9.35. The van der Waals surface area contributed by atoms with E-state index in [1.54, 1.807) is 0 Å². The SMILES string of the molecule is Cc1cc(N(C)Cc2ccc(-c3c(C)cnn3C)cc2)n2nc(C)c(-c3cnc(N(C)C)cc3C)c2n1. The molecule has 4 heterocycles. The number of fused-ring (bicyclic) bond motifs is 1. The fourth-order valence-electron chi connectivity index (χ4n) is 4.94. The molecule has 190 valence electrons. The van der Waals surface area contributed by atoms with Gasteiger partial charge in [0.2, 0.25) is 0 Å². The van der Waals surface area contributed by atoms with Crippen LogP contribution in [0.2, 0.25) is 0 Å². The van der Waals surface area contributed by atoms with Crippen LogP contribution in [0.15, 0.2) is 48.8 Å². The Balaban J connectivity index is 1.50. The van der Waals surface area contributed by atoms with Crippen molar-refractivity contribution in [3.8, 4) is 22.4 Å². The van der Waals surface area contributed by atoms with Crippen molar-refractivity contribution < 1.29 is 0 Å². The van der Waals surface area contributed by atoms with Crippen molar-refractivity contribution in [1.82, 2.24) is 29.4 Å². The molecule has 5 aromatic rings. The van der Waals surface area contributed by atoms with Gasteiger partial charge in [0.15, 0.2) is 5.65 Å². The molecule has 4 aromatic heterocycles. The fourth-order valence-corrected chi connectivity index (χ4v) is 4.94. The summed E-state index contributed by atoms with van der Waals surface area (Å²) in [5.41, 5.74) is 10.7. The van der Waals surface area contributed by atoms with Gasteiger partial charge in [-0.25, -0.2) is 9.97 Å². The van der Waals surface area contributed by atoms with Crippen molar-refractivity contribution in [3.05, 3.63) is 76.9 Å². The van der Waals surface area contributed by atoms with Crippen molar-refractivity contribution in [3.63, 3.8) is 0 Å². The first kappa shape index (κ1) is 24.5. The van der Waals surface area contributed by atoms with Gasteiger partial charge in [0.1, 0.15) is 11.6 Å². The smallest absolute Gasteiger partial charge is 0.165 e. The normalized spacial score (nSPS) is 11.4. The zero-order valence-corrected chi connectivity index (χ0v) is 22.9. The number of hydrogen-bond acceptors (Lipinski definition) is 6. The molecule has 0 aliphatic heterocycles. The Hall–Kier alpha value is -4.20. The van der Waals surface area contributed by atoms with E-state index >= 15 is 0 Å². The van der Waals surface area contributed by atoms with Crippen LogP contribution < -0.4 is 9.80 Å². The molecule has 0 spiro atoms. The summed E-state index contributed by atoms with van der Waals surface area (Å²) < 4.78 is 3.89. The van der Waals surface area contributed by atoms with E-state index in [1.165, 1.54) is 16.7 Å². The summed E-state index contributed by atoms with van der Waals surface area (Å²) in [5.74, 6) is 1.93. The summed E-state index contributed by atoms with van der Waals surface area (Å²) in [7, 11) is 8.09. The van der Waals surface area contributed by atoms with E-state index in [1.807, 2.05) is 61.5 Å². The van der Waals surface area contributed by atoms with E-state index in [4.69, 9.17) is 10.1 Å². The number of anilines is 2. The topological polar surface area (TPSA) is 67.4 Å². The second-order valence-corrected chi connectivity index (χ2v) is 10.1. The van der Waals surface area contributed by atoms with Crippen LogP contribution in [-0.4, -0.2) is 50.5 Å². The molecule has 0 bridgehead atoms. The monoisotopic (exact) mass is 494 g/mol. The number of nitrogens with zero attached hydrogens (tertiary/aromatic N) is 8. The van der Waals surface area contributed by atoms with Gasteiger partial charge in [-0.15, -0.1) is 0 Å². The third kappa shape index (κ3) is 4.43. The van der Waals surface area contributed by atoms with Crippen LogP contribution in [0.25, 0.3) is 28.0 Å². The van der Waals surface area contributed by atoms with Crippen LogP contribution in [0.3, 0.4) is 0 Å². The highest BCUT2D eigenvalue weighted by molar-refractivity contribution is 5.83. The van der Waals surface area contributed by atoms with Crippen LogP contribution in [0.5, 0.6) is 0 Å². The van der Waals surface area contributed by atoms with E-state index in [-0.39, 0.29) is 0 Å². The van der Waals surface area contributed by atoms with Gasteiger partial charge in [-0.2, -0.15) is 14.7 Å². The number of aryl methyl sites for hydroxylation is 5. The molecule has 0 aliphatic carbocycles. The maximum atomic E-state index is 4.92. The predicted molar refractivity (Wildman–Crippen MR) is 150 cm³/mol. The highest BCUT2D eigenvalue weighted by Gasteiger charge is 2.20. The van der Waals surface area contributed by atoms with Gasteiger partial charge in [-0.3, -0.25) is 4.68 Å². The third-order valence-corrected chi connectivity index (χ3v) is 6.86. The van der Waals surface area contributed by atoms with E-state index in [0.29, 0.717) is 0 Å². The van der Waals surface area contributed by atoms with Crippen molar-refractivity contribution in [2.24, 2.45) is 7.05 Å². The molecule has 0 amide bonds. The number of benzene rings is 1. The summed E-state index contributed by atoms with van der Waals surface area (Å²) >= 11 is 0. The van der Waals surface area contributed by atoms with Crippen molar-refractivity contribution in [2.75, 3.05) is 30.9 Å². The van der Waals surface area contributed by atoms with Gasteiger partial charge < -0.3 is 9.80 Å². The van der Waals surface area contributed by atoms with Gasteiger partial charge in [0.05, 0.1) is 23.1 Å². The van der Waals surface area contributed by atoms with Crippen LogP contribution in [0, 0.1) is 27.7 Å². The van der Waals surface area contributed by atoms with Gasteiger partial charge in [-0.05, 0) is 50.5 Å². The molecule has 5 rings (SSSR count). The van der Waals surface area contributed by atoms with E-state index in [0.717, 1.165) is 57.6 Å². The molecular formula is C29H34N8. The summed E-state index contributed by atoms with van der Waals surface area (Å²) in [6.07, 6.45) is 3.84. The van der Waals surface area contributed by atoms with Gasteiger partial charge in [0, 0.05) is 63.8 Å². The van der Waals surface area contributed by atoms with E-state index in [2.05, 4.69) is 72.3 Å². The molecule has 1 aromatic carbocycles. The highest BCUT2D eigenvalue weighted by atomic mass is 15.3. The lowest BCUT2D eigenvalue weighted by Gasteiger charge is -2.21. The molecule has 0 aliphatic rings. The van der Waals surface area contributed by atoms with Crippen LogP contribution >= 0.6 is 0 Å². The molecule has 0 N–H and O–H groups in total. The lowest BCUT2D eigenvalue weighted by Crippen LogP contribution is -2.20. The molecule has 0 fully saturated rings. The lowest BCUT2D eigenvalue weighted by atomic mass is 10.0. The maximum absolute atomic E-state index is 4.92. The summed E-state index contributed by atoms with van der Waals surface area (Å²) in [6, 6.07) is 12.9. The van der Waals surface area contributed by atoms with E-state index in [9.17, 15) is 0 Å². The summed E-state index contributed by atoms with van der Waals surface area (Å²) in [5, 5.41) is 9.30. The van der Waals surface area contributed by atoms with Gasteiger partial charge in [-0.1, -0.05) is 24.3 Å². The Morgan fingerprint density at radius 1 is 0.892 bits per heavy atom. The van der Waals surface area contributed by atoms with Gasteiger partial charge in [0.25, 0.3) is 0 Å². The average Bonchev–Trinajstić information content (AvgIpc) is 3.36. The Morgan fingerprint density at radius 2 is 1.62 bits per heavy atom. The molecule has 0 saturated carbocycles. The Kier molecular flexibility index (Phi) is 6.19. The lowest BCUT2D eigenvalue weighted by molar-refractivity contribution is 0.775. The predicted octanol–water partition coefficient (Wildman–Crippen LogP) is 5.13. The quantitative estimate of drug-likeness (QED) is 0.326. The second-order valence-electron chi connectivity index (χ2n) is 10.1. The molecular weight excluding hydrogens is 460 g/mol. The minimum atomic E-state index is 0.746. The van der Waals surface area contributed by atoms with E-state index < -0.39 is 0 Å². The highest BCUT2D eigenvalue weighted by Crippen LogP contribution is 2.33. The number of aromatic nitrogens is 6. The van der Waals surface area contributed by atoms with Crippen LogP contribution in [-0.2, 0) is 13.6 Å². The number of rotatable bonds is 6. The van der Waals surface area contributed by atoms with Crippen LogP contribution in [0.4, 0.5) is 11.6 Å². The molecule has 8 nitrogen and oxygen atoms in total. The minimum absolute atomic E-state index is 0.746. The van der Waals surface area contributed by atoms with Crippen LogP contribution in [0.1, 0.15) is 28.1 Å². The van der Waals surface area contributed by atoms with Crippen molar-refractivity contribution >= 4 is 17.3 Å². The first-order valence-corrected chi connectivity index (χ1v) is 12.4. The number of hydrogen-bond donors (Lipinski definition) is 0. The van der Waals surface area contributed by atoms with Crippen molar-refractivity contribution in [1.29, 1.82) is 0 Å². The fraction of sp³-hybridized carbons (Fsp3) is 0.310. The molecule has 0 atom stereocenters. The largest absolute Gasteiger partial charge is 0.363 e. The summed E-state index contributed by atoms with van der Waals surface area (Å²) in [4.78, 5) is 13.8. The molecule has 0 saturated heterocycles. The zero-order valence-electron chi connectivity index (χ0n) is 22.9. The first-order chi connectivity index (χ1) is 17.6. The number of pyridine rings is 1. The Morgan fingerprint density at radius 3 is 2.24 bits per heavy atom.